The molecule has 0 aromatic heterocycles. The maximum absolute atomic E-state index is 12.6. The van der Waals surface area contributed by atoms with E-state index in [9.17, 15) is 4.79 Å². The summed E-state index contributed by atoms with van der Waals surface area (Å²) in [5.74, 6) is 0.309. The van der Waals surface area contributed by atoms with Crippen molar-refractivity contribution in [2.24, 2.45) is 0 Å². The Kier molecular flexibility index (Phi) is 5.24. The molecule has 1 atom stereocenters. The third kappa shape index (κ3) is 3.35. The van der Waals surface area contributed by atoms with Gasteiger partial charge in [-0.05, 0) is 32.2 Å². The predicted octanol–water partition coefficient (Wildman–Crippen LogP) is 2.48. The Morgan fingerprint density at radius 1 is 1.17 bits per heavy atom. The molecule has 3 nitrogen and oxygen atoms in total. The molecule has 2 aliphatic rings. The molecule has 0 radical (unpaired) electrons. The van der Waals surface area contributed by atoms with Crippen molar-refractivity contribution in [3.8, 4) is 0 Å². The highest BCUT2D eigenvalue weighted by Crippen LogP contribution is 2.24. The first kappa shape index (κ1) is 13.6. The molecule has 0 aromatic carbocycles. The fraction of sp³-hybridized carbons (Fsp3) is 0.800. The molecule has 1 aliphatic carbocycles. The number of hydrogen-bond donors (Lipinski definition) is 1. The van der Waals surface area contributed by atoms with Crippen molar-refractivity contribution in [1.82, 2.24) is 10.2 Å². The van der Waals surface area contributed by atoms with E-state index < -0.39 is 0 Å². The summed E-state index contributed by atoms with van der Waals surface area (Å²) in [5, 5.41) is 3.42. The van der Waals surface area contributed by atoms with Crippen LogP contribution in [0.5, 0.6) is 0 Å². The van der Waals surface area contributed by atoms with Gasteiger partial charge in [0.05, 0.1) is 6.04 Å². The molecule has 102 valence electrons. The molecule has 1 N–H and O–H groups in total. The summed E-state index contributed by atoms with van der Waals surface area (Å²) in [4.78, 5) is 14.7. The highest BCUT2D eigenvalue weighted by Gasteiger charge is 2.30. The van der Waals surface area contributed by atoms with E-state index in [2.05, 4.69) is 16.8 Å². The lowest BCUT2D eigenvalue weighted by molar-refractivity contribution is -0.135. The molecule has 2 fully saturated rings. The predicted molar refractivity (Wildman–Crippen MR) is 74.4 cm³/mol. The van der Waals surface area contributed by atoms with Gasteiger partial charge in [-0.1, -0.05) is 31.8 Å². The lowest BCUT2D eigenvalue weighted by Crippen LogP contribution is -2.49. The first-order chi connectivity index (χ1) is 8.83. The quantitative estimate of drug-likeness (QED) is 0.777. The van der Waals surface area contributed by atoms with Crippen molar-refractivity contribution < 1.29 is 4.79 Å². The zero-order chi connectivity index (χ0) is 12.8. The average Bonchev–Trinajstić information content (AvgIpc) is 2.77. The largest absolute Gasteiger partial charge is 0.335 e. The second-order valence-electron chi connectivity index (χ2n) is 5.57. The van der Waals surface area contributed by atoms with Gasteiger partial charge in [-0.15, -0.1) is 6.58 Å². The van der Waals surface area contributed by atoms with Crippen LogP contribution < -0.4 is 5.32 Å². The van der Waals surface area contributed by atoms with Crippen LogP contribution in [0.2, 0.25) is 0 Å². The molecule has 0 bridgehead atoms. The van der Waals surface area contributed by atoms with Crippen molar-refractivity contribution in [2.75, 3.05) is 13.1 Å². The summed E-state index contributed by atoms with van der Waals surface area (Å²) in [6, 6.07) is 0.508. The minimum atomic E-state index is 0.0491. The van der Waals surface area contributed by atoms with Crippen molar-refractivity contribution >= 4 is 5.91 Å². The molecule has 1 amide bonds. The van der Waals surface area contributed by atoms with Crippen LogP contribution in [0, 0.1) is 0 Å². The molecule has 1 saturated carbocycles. The summed E-state index contributed by atoms with van der Waals surface area (Å²) in [7, 11) is 0. The molecule has 3 heteroatoms. The summed E-state index contributed by atoms with van der Waals surface area (Å²) < 4.78 is 0. The van der Waals surface area contributed by atoms with Crippen LogP contribution in [0.1, 0.15) is 51.4 Å². The Bertz CT molecular complexity index is 276. The van der Waals surface area contributed by atoms with Crippen LogP contribution in [0.4, 0.5) is 0 Å². The van der Waals surface area contributed by atoms with Gasteiger partial charge in [0.1, 0.15) is 0 Å². The Balaban J connectivity index is 1.98. The maximum atomic E-state index is 12.6. The summed E-state index contributed by atoms with van der Waals surface area (Å²) in [5.41, 5.74) is 0. The maximum Gasteiger partial charge on any atom is 0.240 e. The van der Waals surface area contributed by atoms with Gasteiger partial charge in [0.15, 0.2) is 0 Å². The molecular weight excluding hydrogens is 224 g/mol. The molecule has 18 heavy (non-hydrogen) atoms. The first-order valence-electron chi connectivity index (χ1n) is 7.47. The number of carbonyl (C=O) groups excluding carboxylic acids is 1. The number of nitrogens with zero attached hydrogens (tertiary/aromatic N) is 1. The van der Waals surface area contributed by atoms with Gasteiger partial charge in [-0.3, -0.25) is 4.79 Å². The molecule has 0 aromatic rings. The minimum absolute atomic E-state index is 0.0491. The highest BCUT2D eigenvalue weighted by molar-refractivity contribution is 5.82. The van der Waals surface area contributed by atoms with E-state index in [-0.39, 0.29) is 6.04 Å². The second-order valence-corrected chi connectivity index (χ2v) is 5.57. The van der Waals surface area contributed by atoms with E-state index in [1.54, 1.807) is 0 Å². The lowest BCUT2D eigenvalue weighted by atomic mass is 10.1. The molecule has 1 aliphatic heterocycles. The number of nitrogens with one attached hydrogen (secondary N) is 1. The van der Waals surface area contributed by atoms with Gasteiger partial charge >= 0.3 is 0 Å². The topological polar surface area (TPSA) is 32.3 Å². The molecular formula is C15H26N2O. The third-order valence-electron chi connectivity index (χ3n) is 4.23. The Labute approximate surface area is 111 Å². The van der Waals surface area contributed by atoms with Crippen molar-refractivity contribution in [3.05, 3.63) is 12.7 Å². The molecule has 0 spiro atoms. The molecule has 2 rings (SSSR count). The van der Waals surface area contributed by atoms with Gasteiger partial charge in [-0.2, -0.15) is 0 Å². The van der Waals surface area contributed by atoms with E-state index in [0.29, 0.717) is 18.5 Å². The third-order valence-corrected chi connectivity index (χ3v) is 4.23. The molecule has 1 heterocycles. The highest BCUT2D eigenvalue weighted by atomic mass is 16.2. The lowest BCUT2D eigenvalue weighted by Gasteiger charge is -2.31. The number of carbonyl (C=O) groups is 1. The van der Waals surface area contributed by atoms with Gasteiger partial charge in [0.2, 0.25) is 5.91 Å². The molecule has 1 unspecified atom stereocenters. The van der Waals surface area contributed by atoms with Crippen LogP contribution in [-0.4, -0.2) is 36.0 Å². The van der Waals surface area contributed by atoms with E-state index in [1.165, 1.54) is 44.9 Å². The van der Waals surface area contributed by atoms with Crippen molar-refractivity contribution in [1.29, 1.82) is 0 Å². The Hall–Kier alpha value is -0.830. The van der Waals surface area contributed by atoms with E-state index in [0.717, 1.165) is 13.0 Å². The monoisotopic (exact) mass is 250 g/mol. The average molecular weight is 250 g/mol. The Morgan fingerprint density at radius 2 is 1.89 bits per heavy atom. The second kappa shape index (κ2) is 6.93. The first-order valence-corrected chi connectivity index (χ1v) is 7.47. The van der Waals surface area contributed by atoms with Crippen LogP contribution in [0.25, 0.3) is 0 Å². The van der Waals surface area contributed by atoms with Gasteiger partial charge < -0.3 is 10.2 Å². The van der Waals surface area contributed by atoms with E-state index >= 15 is 0 Å². The number of hydrogen-bond acceptors (Lipinski definition) is 2. The molecule has 1 saturated heterocycles. The van der Waals surface area contributed by atoms with Gasteiger partial charge in [0.25, 0.3) is 0 Å². The van der Waals surface area contributed by atoms with Crippen molar-refractivity contribution in [2.45, 2.75) is 63.5 Å². The van der Waals surface area contributed by atoms with Gasteiger partial charge in [-0.25, -0.2) is 0 Å². The smallest absolute Gasteiger partial charge is 0.240 e. The number of rotatable bonds is 4. The summed E-state index contributed by atoms with van der Waals surface area (Å²) in [6.07, 6.45) is 11.4. The van der Waals surface area contributed by atoms with Crippen LogP contribution >= 0.6 is 0 Å². The van der Waals surface area contributed by atoms with Crippen LogP contribution in [-0.2, 0) is 4.79 Å². The zero-order valence-corrected chi connectivity index (χ0v) is 11.4. The summed E-state index contributed by atoms with van der Waals surface area (Å²) >= 11 is 0. The fourth-order valence-electron chi connectivity index (χ4n) is 3.21. The fourth-order valence-corrected chi connectivity index (χ4v) is 3.21. The van der Waals surface area contributed by atoms with Crippen molar-refractivity contribution in [3.63, 3.8) is 0 Å². The number of amides is 1. The minimum Gasteiger partial charge on any atom is -0.335 e. The zero-order valence-electron chi connectivity index (χ0n) is 11.4. The SMILES string of the molecule is C=CCN(C(=O)C1CCCCCN1)C1CCCC1. The Morgan fingerprint density at radius 3 is 2.61 bits per heavy atom. The van der Waals surface area contributed by atoms with Crippen LogP contribution in [0.15, 0.2) is 12.7 Å². The normalized spacial score (nSPS) is 25.7. The van der Waals surface area contributed by atoms with Crippen LogP contribution in [0.3, 0.4) is 0 Å². The van der Waals surface area contributed by atoms with E-state index in [1.807, 2.05) is 6.08 Å². The summed E-state index contributed by atoms with van der Waals surface area (Å²) in [6.45, 7) is 5.50. The van der Waals surface area contributed by atoms with Gasteiger partial charge in [0, 0.05) is 12.6 Å². The van der Waals surface area contributed by atoms with E-state index in [4.69, 9.17) is 0 Å². The standard InChI is InChI=1S/C15H26N2O/c1-2-12-17(13-8-5-6-9-13)15(18)14-10-4-3-7-11-16-14/h2,13-14,16H,1,3-12H2.